The second-order valence-corrected chi connectivity index (χ2v) is 5.58. The molecule has 0 aliphatic heterocycles. The van der Waals surface area contributed by atoms with Crippen molar-refractivity contribution in [1.82, 2.24) is 15.5 Å². The third-order valence-electron chi connectivity index (χ3n) is 3.86. The normalized spacial score (nSPS) is 9.85. The van der Waals surface area contributed by atoms with Gasteiger partial charge in [-0.3, -0.25) is 9.89 Å². The predicted octanol–water partition coefficient (Wildman–Crippen LogP) is 2.88. The van der Waals surface area contributed by atoms with Gasteiger partial charge in [0, 0.05) is 5.56 Å². The van der Waals surface area contributed by atoms with Crippen molar-refractivity contribution in [2.45, 2.75) is 0 Å². The van der Waals surface area contributed by atoms with E-state index in [-0.39, 0.29) is 12.5 Å². The molecule has 0 aliphatic carbocycles. The molecular formula is C21H19N3O3. The molecule has 3 aromatic rings. The predicted molar refractivity (Wildman–Crippen MR) is 103 cm³/mol. The number of benzene rings is 2. The average molecular weight is 361 g/mol. The molecule has 2 N–H and O–H groups in total. The maximum Gasteiger partial charge on any atom is 0.270 e. The Morgan fingerprint density at radius 2 is 1.96 bits per heavy atom. The lowest BCUT2D eigenvalue weighted by Gasteiger charge is -2.01. The lowest BCUT2D eigenvalue weighted by atomic mass is 10.1. The second-order valence-electron chi connectivity index (χ2n) is 5.58. The van der Waals surface area contributed by atoms with Gasteiger partial charge in [-0.2, -0.15) is 5.10 Å². The Labute approximate surface area is 157 Å². The molecule has 136 valence electrons. The number of hydrogen-bond donors (Lipinski definition) is 2. The molecule has 1 amide bonds. The minimum atomic E-state index is -0.272. The summed E-state index contributed by atoms with van der Waals surface area (Å²) < 4.78 is 10.4. The highest BCUT2D eigenvalue weighted by Gasteiger charge is 2.10. The molecule has 1 aromatic heterocycles. The quantitative estimate of drug-likeness (QED) is 0.685. The number of rotatable bonds is 5. The number of carbonyl (C=O) groups is 1. The van der Waals surface area contributed by atoms with Gasteiger partial charge in [-0.25, -0.2) is 0 Å². The summed E-state index contributed by atoms with van der Waals surface area (Å²) in [4.78, 5) is 12.2. The Morgan fingerprint density at radius 3 is 2.78 bits per heavy atom. The van der Waals surface area contributed by atoms with Crippen LogP contribution in [0.4, 0.5) is 0 Å². The summed E-state index contributed by atoms with van der Waals surface area (Å²) in [5.41, 5.74) is 2.67. The van der Waals surface area contributed by atoms with Gasteiger partial charge in [0.2, 0.25) is 0 Å². The Hall–Kier alpha value is -3.72. The molecular weight excluding hydrogens is 342 g/mol. The fraction of sp³-hybridized carbons (Fsp3) is 0.143. The zero-order chi connectivity index (χ0) is 19.1. The van der Waals surface area contributed by atoms with Crippen LogP contribution in [-0.4, -0.2) is 36.9 Å². The van der Waals surface area contributed by atoms with Gasteiger partial charge in [-0.05, 0) is 30.3 Å². The number of nitrogens with one attached hydrogen (secondary N) is 2. The molecule has 1 heterocycles. The van der Waals surface area contributed by atoms with E-state index in [0.29, 0.717) is 17.1 Å². The van der Waals surface area contributed by atoms with E-state index in [2.05, 4.69) is 27.4 Å². The second kappa shape index (κ2) is 8.59. The van der Waals surface area contributed by atoms with Crippen molar-refractivity contribution >= 4 is 5.91 Å². The van der Waals surface area contributed by atoms with Crippen molar-refractivity contribution in [3.8, 4) is 34.6 Å². The van der Waals surface area contributed by atoms with Crippen LogP contribution in [0.3, 0.4) is 0 Å². The van der Waals surface area contributed by atoms with E-state index in [0.717, 1.165) is 16.9 Å². The molecule has 6 nitrogen and oxygen atoms in total. The van der Waals surface area contributed by atoms with Gasteiger partial charge in [-0.15, -0.1) is 0 Å². The van der Waals surface area contributed by atoms with Crippen LogP contribution in [0.25, 0.3) is 11.3 Å². The van der Waals surface area contributed by atoms with Gasteiger partial charge in [0.1, 0.15) is 17.2 Å². The third kappa shape index (κ3) is 4.47. The van der Waals surface area contributed by atoms with Crippen molar-refractivity contribution in [3.63, 3.8) is 0 Å². The largest absolute Gasteiger partial charge is 0.497 e. The minimum absolute atomic E-state index is 0.213. The van der Waals surface area contributed by atoms with Crippen LogP contribution in [0.1, 0.15) is 16.1 Å². The molecule has 0 saturated carbocycles. The number of nitrogens with zero attached hydrogens (tertiary/aromatic N) is 1. The highest BCUT2D eigenvalue weighted by molar-refractivity contribution is 5.93. The van der Waals surface area contributed by atoms with E-state index in [4.69, 9.17) is 9.47 Å². The first kappa shape index (κ1) is 18.1. The summed E-state index contributed by atoms with van der Waals surface area (Å²) in [6.45, 7) is 0.213. The first-order valence-corrected chi connectivity index (χ1v) is 8.31. The van der Waals surface area contributed by atoms with Crippen molar-refractivity contribution in [3.05, 3.63) is 65.9 Å². The number of methoxy groups -OCH3 is 2. The maximum absolute atomic E-state index is 12.2. The van der Waals surface area contributed by atoms with Crippen LogP contribution in [0.2, 0.25) is 0 Å². The lowest BCUT2D eigenvalue weighted by Crippen LogP contribution is -2.23. The number of amides is 1. The highest BCUT2D eigenvalue weighted by Crippen LogP contribution is 2.22. The standard InChI is InChI=1S/C21H19N3O3/c1-26-17-10-5-8-16(13-17)18-14-19(24-23-18)21(25)22-12-6-9-15-7-3-4-11-20(15)27-2/h3-5,7-8,10-11,13-14H,12H2,1-2H3,(H,22,25)(H,23,24). The summed E-state index contributed by atoms with van der Waals surface area (Å²) in [6, 6.07) is 16.6. The van der Waals surface area contributed by atoms with Gasteiger partial charge in [0.15, 0.2) is 0 Å². The number of carbonyl (C=O) groups excluding carboxylic acids is 1. The van der Waals surface area contributed by atoms with Gasteiger partial charge >= 0.3 is 0 Å². The van der Waals surface area contributed by atoms with Crippen LogP contribution in [0, 0.1) is 11.8 Å². The summed E-state index contributed by atoms with van der Waals surface area (Å²) >= 11 is 0. The van der Waals surface area contributed by atoms with Gasteiger partial charge in [-0.1, -0.05) is 36.1 Å². The molecule has 0 atom stereocenters. The molecule has 0 unspecified atom stereocenters. The molecule has 0 spiro atoms. The third-order valence-corrected chi connectivity index (χ3v) is 3.86. The first-order chi connectivity index (χ1) is 13.2. The molecule has 6 heteroatoms. The summed E-state index contributed by atoms with van der Waals surface area (Å²) in [6.07, 6.45) is 0. The molecule has 0 aliphatic rings. The van der Waals surface area contributed by atoms with E-state index in [1.165, 1.54) is 0 Å². The SMILES string of the molecule is COc1cccc(-c2cc(C(=O)NCC#Cc3ccccc3OC)[nH]n2)c1. The lowest BCUT2D eigenvalue weighted by molar-refractivity contribution is 0.0953. The van der Waals surface area contributed by atoms with Gasteiger partial charge in [0.05, 0.1) is 32.0 Å². The first-order valence-electron chi connectivity index (χ1n) is 8.31. The molecule has 2 aromatic carbocycles. The minimum Gasteiger partial charge on any atom is -0.497 e. The summed E-state index contributed by atoms with van der Waals surface area (Å²) in [5.74, 6) is 7.06. The summed E-state index contributed by atoms with van der Waals surface area (Å²) in [7, 11) is 3.20. The van der Waals surface area contributed by atoms with E-state index in [9.17, 15) is 4.79 Å². The Morgan fingerprint density at radius 1 is 1.11 bits per heavy atom. The number of aromatic amines is 1. The number of para-hydroxylation sites is 1. The average Bonchev–Trinajstić information content (AvgIpc) is 3.22. The molecule has 0 bridgehead atoms. The zero-order valence-corrected chi connectivity index (χ0v) is 15.1. The smallest absolute Gasteiger partial charge is 0.270 e. The molecule has 0 radical (unpaired) electrons. The number of aromatic nitrogens is 2. The fourth-order valence-electron chi connectivity index (χ4n) is 2.48. The highest BCUT2D eigenvalue weighted by atomic mass is 16.5. The monoisotopic (exact) mass is 361 g/mol. The number of hydrogen-bond acceptors (Lipinski definition) is 4. The van der Waals surface area contributed by atoms with E-state index in [1.54, 1.807) is 20.3 Å². The number of H-pyrrole nitrogens is 1. The molecule has 3 rings (SSSR count). The Bertz CT molecular complexity index is 999. The van der Waals surface area contributed by atoms with Crippen molar-refractivity contribution in [1.29, 1.82) is 0 Å². The van der Waals surface area contributed by atoms with Crippen molar-refractivity contribution in [2.24, 2.45) is 0 Å². The van der Waals surface area contributed by atoms with Gasteiger partial charge in [0.25, 0.3) is 5.91 Å². The van der Waals surface area contributed by atoms with Crippen LogP contribution >= 0.6 is 0 Å². The fourth-order valence-corrected chi connectivity index (χ4v) is 2.48. The zero-order valence-electron chi connectivity index (χ0n) is 15.1. The van der Waals surface area contributed by atoms with Crippen LogP contribution < -0.4 is 14.8 Å². The van der Waals surface area contributed by atoms with E-state index in [1.807, 2.05) is 48.5 Å². The van der Waals surface area contributed by atoms with E-state index < -0.39 is 0 Å². The summed E-state index contributed by atoms with van der Waals surface area (Å²) in [5, 5.41) is 9.68. The van der Waals surface area contributed by atoms with Crippen molar-refractivity contribution in [2.75, 3.05) is 20.8 Å². The van der Waals surface area contributed by atoms with Crippen LogP contribution in [-0.2, 0) is 0 Å². The van der Waals surface area contributed by atoms with Crippen LogP contribution in [0.5, 0.6) is 11.5 Å². The number of ether oxygens (including phenoxy) is 2. The van der Waals surface area contributed by atoms with Gasteiger partial charge < -0.3 is 14.8 Å². The van der Waals surface area contributed by atoms with Crippen LogP contribution in [0.15, 0.2) is 54.6 Å². The molecule has 0 fully saturated rings. The molecule has 0 saturated heterocycles. The Kier molecular flexibility index (Phi) is 5.75. The topological polar surface area (TPSA) is 76.2 Å². The maximum atomic E-state index is 12.2. The van der Waals surface area contributed by atoms with Crippen molar-refractivity contribution < 1.29 is 14.3 Å². The van der Waals surface area contributed by atoms with E-state index >= 15 is 0 Å². The molecule has 27 heavy (non-hydrogen) atoms. The Balaban J connectivity index is 1.63.